The average molecular weight is 238 g/mol. The number of phenolic OH excluding ortho intramolecular Hbond substituents is 1. The molecule has 96 valence electrons. The van der Waals surface area contributed by atoms with Crippen LogP contribution in [0.2, 0.25) is 0 Å². The van der Waals surface area contributed by atoms with Crippen LogP contribution >= 0.6 is 0 Å². The zero-order chi connectivity index (χ0) is 12.8. The molecule has 0 aliphatic heterocycles. The molecule has 1 N–H and O–H groups in total. The molecule has 0 radical (unpaired) electrons. The summed E-state index contributed by atoms with van der Waals surface area (Å²) in [5.74, 6) is 0.301. The second kappa shape index (κ2) is 6.62. The molecule has 3 nitrogen and oxygen atoms in total. The summed E-state index contributed by atoms with van der Waals surface area (Å²) in [5.41, 5.74) is 1.67. The minimum atomic E-state index is -0.0655. The second-order valence-corrected chi connectivity index (χ2v) is 4.05. The number of hydrogen-bond donors (Lipinski definition) is 1. The molecule has 0 aliphatic carbocycles. The lowest BCUT2D eigenvalue weighted by Crippen LogP contribution is -2.05. The van der Waals surface area contributed by atoms with Crippen molar-refractivity contribution in [3.63, 3.8) is 0 Å². The average Bonchev–Trinajstić information content (AvgIpc) is 2.36. The van der Waals surface area contributed by atoms with Crippen molar-refractivity contribution < 1.29 is 14.6 Å². The normalized spacial score (nSPS) is 14.6. The molecule has 0 bridgehead atoms. The van der Waals surface area contributed by atoms with E-state index in [1.165, 1.54) is 0 Å². The van der Waals surface area contributed by atoms with Crippen LogP contribution in [0.25, 0.3) is 0 Å². The van der Waals surface area contributed by atoms with Crippen molar-refractivity contribution in [2.24, 2.45) is 0 Å². The summed E-state index contributed by atoms with van der Waals surface area (Å²) in [6, 6.07) is 5.74. The fraction of sp³-hybridized carbons (Fsp3) is 0.571. The topological polar surface area (TPSA) is 38.7 Å². The molecular weight excluding hydrogens is 216 g/mol. The number of hydrogen-bond acceptors (Lipinski definition) is 3. The number of rotatable bonds is 6. The molecule has 1 rings (SSSR count). The maximum Gasteiger partial charge on any atom is 0.127 e. The van der Waals surface area contributed by atoms with Crippen LogP contribution in [0.1, 0.15) is 50.0 Å². The molecule has 1 aromatic rings. The van der Waals surface area contributed by atoms with Crippen molar-refractivity contribution in [1.29, 1.82) is 0 Å². The molecule has 1 aromatic carbocycles. The summed E-state index contributed by atoms with van der Waals surface area (Å²) in [4.78, 5) is 0. The molecule has 0 heterocycles. The van der Waals surface area contributed by atoms with Crippen LogP contribution in [0.5, 0.6) is 5.75 Å². The molecule has 0 saturated carbocycles. The van der Waals surface area contributed by atoms with Gasteiger partial charge in [-0.1, -0.05) is 32.0 Å². The van der Waals surface area contributed by atoms with Crippen LogP contribution in [0, 0.1) is 0 Å². The Morgan fingerprint density at radius 3 is 1.71 bits per heavy atom. The first-order chi connectivity index (χ1) is 8.19. The zero-order valence-electron chi connectivity index (χ0n) is 11.1. The lowest BCUT2D eigenvalue weighted by molar-refractivity contribution is 0.0902. The Balaban J connectivity index is 3.14. The highest BCUT2D eigenvalue weighted by Gasteiger charge is 2.19. The van der Waals surface area contributed by atoms with Gasteiger partial charge in [-0.3, -0.25) is 0 Å². The smallest absolute Gasteiger partial charge is 0.127 e. The van der Waals surface area contributed by atoms with Gasteiger partial charge in [-0.25, -0.2) is 0 Å². The number of methoxy groups -OCH3 is 2. The summed E-state index contributed by atoms with van der Waals surface area (Å²) in [7, 11) is 3.32. The lowest BCUT2D eigenvalue weighted by atomic mass is 9.98. The van der Waals surface area contributed by atoms with E-state index in [0.717, 1.165) is 24.0 Å². The van der Waals surface area contributed by atoms with Crippen molar-refractivity contribution >= 4 is 0 Å². The Kier molecular flexibility index (Phi) is 5.45. The maximum absolute atomic E-state index is 10.3. The largest absolute Gasteiger partial charge is 0.507 e. The monoisotopic (exact) mass is 238 g/mol. The SMILES string of the molecule is CCC(OC)c1cccc(C(CC)OC)c1O. The molecule has 2 unspecified atom stereocenters. The van der Waals surface area contributed by atoms with Crippen molar-refractivity contribution in [2.75, 3.05) is 14.2 Å². The molecule has 2 atom stereocenters. The van der Waals surface area contributed by atoms with Crippen molar-refractivity contribution in [1.82, 2.24) is 0 Å². The van der Waals surface area contributed by atoms with Gasteiger partial charge in [-0.15, -0.1) is 0 Å². The third kappa shape index (κ3) is 2.99. The van der Waals surface area contributed by atoms with E-state index in [1.807, 2.05) is 32.0 Å². The number of phenols is 1. The Labute approximate surface area is 103 Å². The van der Waals surface area contributed by atoms with Gasteiger partial charge in [0, 0.05) is 25.3 Å². The first kappa shape index (κ1) is 14.0. The highest BCUT2D eigenvalue weighted by molar-refractivity contribution is 5.43. The zero-order valence-corrected chi connectivity index (χ0v) is 11.1. The fourth-order valence-corrected chi connectivity index (χ4v) is 2.13. The second-order valence-electron chi connectivity index (χ2n) is 4.05. The van der Waals surface area contributed by atoms with Crippen LogP contribution in [0.3, 0.4) is 0 Å². The van der Waals surface area contributed by atoms with E-state index < -0.39 is 0 Å². The van der Waals surface area contributed by atoms with Crippen molar-refractivity contribution in [2.45, 2.75) is 38.9 Å². The van der Waals surface area contributed by atoms with Crippen LogP contribution in [0.15, 0.2) is 18.2 Å². The van der Waals surface area contributed by atoms with E-state index in [-0.39, 0.29) is 12.2 Å². The van der Waals surface area contributed by atoms with Gasteiger partial charge in [0.25, 0.3) is 0 Å². The molecular formula is C14H22O3. The molecule has 0 amide bonds. The molecule has 0 fully saturated rings. The quantitative estimate of drug-likeness (QED) is 0.823. The molecule has 0 saturated heterocycles. The van der Waals surface area contributed by atoms with Crippen LogP contribution in [-0.2, 0) is 9.47 Å². The van der Waals surface area contributed by atoms with E-state index in [0.29, 0.717) is 5.75 Å². The van der Waals surface area contributed by atoms with E-state index in [1.54, 1.807) is 14.2 Å². The molecule has 3 heteroatoms. The number of ether oxygens (including phenoxy) is 2. The number of benzene rings is 1. The Hall–Kier alpha value is -1.06. The van der Waals surface area contributed by atoms with Gasteiger partial charge >= 0.3 is 0 Å². The van der Waals surface area contributed by atoms with Gasteiger partial charge in [0.15, 0.2) is 0 Å². The minimum Gasteiger partial charge on any atom is -0.507 e. The number of para-hydroxylation sites is 1. The van der Waals surface area contributed by atoms with Gasteiger partial charge in [0.05, 0.1) is 12.2 Å². The Bertz CT molecular complexity index is 311. The predicted molar refractivity (Wildman–Crippen MR) is 68.2 cm³/mol. The van der Waals surface area contributed by atoms with Crippen LogP contribution < -0.4 is 0 Å². The lowest BCUT2D eigenvalue weighted by Gasteiger charge is -2.20. The fourth-order valence-electron chi connectivity index (χ4n) is 2.13. The molecule has 0 spiro atoms. The Morgan fingerprint density at radius 1 is 1.00 bits per heavy atom. The van der Waals surface area contributed by atoms with Crippen LogP contribution in [-0.4, -0.2) is 19.3 Å². The van der Waals surface area contributed by atoms with Crippen LogP contribution in [0.4, 0.5) is 0 Å². The van der Waals surface area contributed by atoms with Gasteiger partial charge < -0.3 is 14.6 Å². The van der Waals surface area contributed by atoms with Gasteiger partial charge in [0.2, 0.25) is 0 Å². The van der Waals surface area contributed by atoms with E-state index in [4.69, 9.17) is 9.47 Å². The summed E-state index contributed by atoms with van der Waals surface area (Å²) in [6.45, 7) is 4.07. The summed E-state index contributed by atoms with van der Waals surface area (Å²) in [6.07, 6.45) is 1.53. The maximum atomic E-state index is 10.3. The van der Waals surface area contributed by atoms with Gasteiger partial charge in [0.1, 0.15) is 5.75 Å². The van der Waals surface area contributed by atoms with E-state index >= 15 is 0 Å². The summed E-state index contributed by atoms with van der Waals surface area (Å²) in [5, 5.41) is 10.3. The predicted octanol–water partition coefficient (Wildman–Crippen LogP) is 3.59. The number of aromatic hydroxyl groups is 1. The van der Waals surface area contributed by atoms with E-state index in [2.05, 4.69) is 0 Å². The first-order valence-electron chi connectivity index (χ1n) is 6.06. The van der Waals surface area contributed by atoms with Crippen molar-refractivity contribution in [3.8, 4) is 5.75 Å². The standard InChI is InChI=1S/C14H22O3/c1-5-12(16-3)10-8-7-9-11(14(10)15)13(6-2)17-4/h7-9,12-13,15H,5-6H2,1-4H3. The van der Waals surface area contributed by atoms with Crippen molar-refractivity contribution in [3.05, 3.63) is 29.3 Å². The highest BCUT2D eigenvalue weighted by atomic mass is 16.5. The highest BCUT2D eigenvalue weighted by Crippen LogP contribution is 2.36. The van der Waals surface area contributed by atoms with E-state index in [9.17, 15) is 5.11 Å². The summed E-state index contributed by atoms with van der Waals surface area (Å²) >= 11 is 0. The molecule has 0 aromatic heterocycles. The molecule has 17 heavy (non-hydrogen) atoms. The third-order valence-corrected chi connectivity index (χ3v) is 3.10. The Morgan fingerprint density at radius 2 is 1.41 bits per heavy atom. The third-order valence-electron chi connectivity index (χ3n) is 3.10. The van der Waals surface area contributed by atoms with Gasteiger partial charge in [-0.2, -0.15) is 0 Å². The molecule has 0 aliphatic rings. The summed E-state index contributed by atoms with van der Waals surface area (Å²) < 4.78 is 10.7. The first-order valence-corrected chi connectivity index (χ1v) is 6.06. The minimum absolute atomic E-state index is 0.0655. The van der Waals surface area contributed by atoms with Gasteiger partial charge in [-0.05, 0) is 12.8 Å².